The number of hydrogen-bond donors (Lipinski definition) is 2. The summed E-state index contributed by atoms with van der Waals surface area (Å²) in [5, 5.41) is 14.0. The van der Waals surface area contributed by atoms with Gasteiger partial charge in [-0.15, -0.1) is 11.8 Å². The summed E-state index contributed by atoms with van der Waals surface area (Å²) in [7, 11) is 0. The number of aliphatic hydroxyl groups is 1. The van der Waals surface area contributed by atoms with Gasteiger partial charge in [0.15, 0.2) is 0 Å². The van der Waals surface area contributed by atoms with Crippen LogP contribution in [-0.4, -0.2) is 72.6 Å². The summed E-state index contributed by atoms with van der Waals surface area (Å²) in [6, 6.07) is 8.91. The minimum absolute atomic E-state index is 0.520. The third kappa shape index (κ3) is 4.94. The molecule has 0 radical (unpaired) electrons. The molecule has 0 aromatic heterocycles. The number of thioether (sulfide) groups is 1. The maximum Gasteiger partial charge on any atom is 0.0898 e. The van der Waals surface area contributed by atoms with Crippen molar-refractivity contribution in [2.75, 3.05) is 52.1 Å². The van der Waals surface area contributed by atoms with Crippen molar-refractivity contribution in [2.45, 2.75) is 29.9 Å². The number of piperidine rings is 1. The zero-order chi connectivity index (χ0) is 16.1. The number of benzene rings is 1. The van der Waals surface area contributed by atoms with Crippen molar-refractivity contribution >= 4 is 11.8 Å². The van der Waals surface area contributed by atoms with Gasteiger partial charge in [-0.25, -0.2) is 0 Å². The van der Waals surface area contributed by atoms with Crippen LogP contribution in [0.1, 0.15) is 18.4 Å². The predicted octanol–water partition coefficient (Wildman–Crippen LogP) is 1.64. The highest BCUT2D eigenvalue weighted by Gasteiger charge is 2.32. The van der Waals surface area contributed by atoms with Gasteiger partial charge in [0, 0.05) is 50.7 Å². The van der Waals surface area contributed by atoms with E-state index in [2.05, 4.69) is 45.6 Å². The first kappa shape index (κ1) is 17.2. The lowest BCUT2D eigenvalue weighted by molar-refractivity contribution is -0.0262. The van der Waals surface area contributed by atoms with Crippen LogP contribution in [0.4, 0.5) is 0 Å². The summed E-state index contributed by atoms with van der Waals surface area (Å²) in [5.74, 6) is 0. The van der Waals surface area contributed by atoms with Crippen molar-refractivity contribution < 1.29 is 5.11 Å². The SMILES string of the molecule is CSc1ccc(CN2CCN(C[C@]3(O)CCCNC3)CC2)cc1. The highest BCUT2D eigenvalue weighted by molar-refractivity contribution is 7.98. The van der Waals surface area contributed by atoms with Crippen molar-refractivity contribution in [1.82, 2.24) is 15.1 Å². The Kier molecular flexibility index (Phi) is 5.99. The zero-order valence-electron chi connectivity index (χ0n) is 14.1. The molecule has 3 rings (SSSR count). The van der Waals surface area contributed by atoms with Crippen molar-refractivity contribution in [3.8, 4) is 0 Å². The molecule has 2 N–H and O–H groups in total. The highest BCUT2D eigenvalue weighted by Crippen LogP contribution is 2.19. The Morgan fingerprint density at radius 1 is 1.13 bits per heavy atom. The monoisotopic (exact) mass is 335 g/mol. The molecule has 0 unspecified atom stereocenters. The molecular weight excluding hydrogens is 306 g/mol. The van der Waals surface area contributed by atoms with Crippen LogP contribution in [0, 0.1) is 0 Å². The second-order valence-electron chi connectivity index (χ2n) is 6.91. The molecule has 1 aromatic rings. The van der Waals surface area contributed by atoms with Gasteiger partial charge < -0.3 is 10.4 Å². The average Bonchev–Trinajstić information content (AvgIpc) is 2.58. The van der Waals surface area contributed by atoms with Crippen LogP contribution in [0.2, 0.25) is 0 Å². The number of piperazine rings is 1. The van der Waals surface area contributed by atoms with Crippen molar-refractivity contribution in [3.05, 3.63) is 29.8 Å². The first-order chi connectivity index (χ1) is 11.2. The van der Waals surface area contributed by atoms with Crippen LogP contribution in [-0.2, 0) is 6.54 Å². The van der Waals surface area contributed by atoms with Crippen molar-refractivity contribution in [3.63, 3.8) is 0 Å². The Morgan fingerprint density at radius 3 is 2.43 bits per heavy atom. The second-order valence-corrected chi connectivity index (χ2v) is 7.78. The van der Waals surface area contributed by atoms with Gasteiger partial charge in [0.25, 0.3) is 0 Å². The van der Waals surface area contributed by atoms with Gasteiger partial charge in [0.05, 0.1) is 5.60 Å². The predicted molar refractivity (Wildman–Crippen MR) is 97.0 cm³/mol. The quantitative estimate of drug-likeness (QED) is 0.801. The third-order valence-electron chi connectivity index (χ3n) is 5.00. The fourth-order valence-electron chi connectivity index (χ4n) is 3.60. The summed E-state index contributed by atoms with van der Waals surface area (Å²) < 4.78 is 0. The molecule has 0 spiro atoms. The first-order valence-electron chi connectivity index (χ1n) is 8.68. The Bertz CT molecular complexity index is 480. The topological polar surface area (TPSA) is 38.7 Å². The first-order valence-corrected chi connectivity index (χ1v) is 9.90. The van der Waals surface area contributed by atoms with E-state index in [-0.39, 0.29) is 0 Å². The summed E-state index contributed by atoms with van der Waals surface area (Å²) in [6.07, 6.45) is 4.13. The van der Waals surface area contributed by atoms with Crippen molar-refractivity contribution in [1.29, 1.82) is 0 Å². The molecule has 1 atom stereocenters. The Hall–Kier alpha value is -0.590. The molecule has 1 aromatic carbocycles. The van der Waals surface area contributed by atoms with Gasteiger partial charge in [-0.05, 0) is 43.3 Å². The Balaban J connectivity index is 1.44. The smallest absolute Gasteiger partial charge is 0.0898 e. The lowest BCUT2D eigenvalue weighted by atomic mass is 9.93. The maximum atomic E-state index is 10.7. The molecule has 2 aliphatic heterocycles. The molecule has 5 heteroatoms. The van der Waals surface area contributed by atoms with Gasteiger partial charge in [-0.3, -0.25) is 9.80 Å². The van der Waals surface area contributed by atoms with E-state index in [0.717, 1.165) is 65.2 Å². The third-order valence-corrected chi connectivity index (χ3v) is 5.74. The maximum absolute atomic E-state index is 10.7. The van der Waals surface area contributed by atoms with E-state index in [1.807, 2.05) is 0 Å². The molecule has 2 aliphatic rings. The van der Waals surface area contributed by atoms with E-state index >= 15 is 0 Å². The molecule has 0 amide bonds. The Labute approximate surface area is 144 Å². The number of rotatable bonds is 5. The molecule has 128 valence electrons. The van der Waals surface area contributed by atoms with Crippen LogP contribution in [0.25, 0.3) is 0 Å². The fraction of sp³-hybridized carbons (Fsp3) is 0.667. The minimum atomic E-state index is -0.520. The molecule has 4 nitrogen and oxygen atoms in total. The molecule has 0 aliphatic carbocycles. The average molecular weight is 336 g/mol. The van der Waals surface area contributed by atoms with E-state index in [4.69, 9.17) is 0 Å². The zero-order valence-corrected chi connectivity index (χ0v) is 14.9. The standard InChI is InChI=1S/C18H29N3OS/c1-23-17-5-3-16(4-6-17)13-20-9-11-21(12-10-20)15-18(22)7-2-8-19-14-18/h3-6,19,22H,2,7-15H2,1H3/t18-/m0/s1. The van der Waals surface area contributed by atoms with Crippen LogP contribution in [0.5, 0.6) is 0 Å². The Morgan fingerprint density at radius 2 is 1.83 bits per heavy atom. The van der Waals surface area contributed by atoms with Crippen LogP contribution in [0.15, 0.2) is 29.2 Å². The summed E-state index contributed by atoms with van der Waals surface area (Å²) >= 11 is 1.79. The summed E-state index contributed by atoms with van der Waals surface area (Å²) in [5.41, 5.74) is 0.875. The van der Waals surface area contributed by atoms with E-state index in [1.165, 1.54) is 10.5 Å². The molecule has 2 saturated heterocycles. The van der Waals surface area contributed by atoms with Gasteiger partial charge in [0.1, 0.15) is 0 Å². The van der Waals surface area contributed by atoms with E-state index in [9.17, 15) is 5.11 Å². The molecule has 23 heavy (non-hydrogen) atoms. The fourth-order valence-corrected chi connectivity index (χ4v) is 4.01. The van der Waals surface area contributed by atoms with Crippen molar-refractivity contribution in [2.24, 2.45) is 0 Å². The van der Waals surface area contributed by atoms with Gasteiger partial charge in [-0.2, -0.15) is 0 Å². The van der Waals surface area contributed by atoms with E-state index in [1.54, 1.807) is 11.8 Å². The van der Waals surface area contributed by atoms with Crippen LogP contribution >= 0.6 is 11.8 Å². The number of hydrogen-bond acceptors (Lipinski definition) is 5. The molecular formula is C18H29N3OS. The van der Waals surface area contributed by atoms with Crippen LogP contribution in [0.3, 0.4) is 0 Å². The van der Waals surface area contributed by atoms with Gasteiger partial charge in [-0.1, -0.05) is 12.1 Å². The van der Waals surface area contributed by atoms with Gasteiger partial charge in [0.2, 0.25) is 0 Å². The lowest BCUT2D eigenvalue weighted by Gasteiger charge is -2.41. The number of nitrogens with one attached hydrogen (secondary N) is 1. The molecule has 2 heterocycles. The summed E-state index contributed by atoms with van der Waals surface area (Å²) in [6.45, 7) is 7.95. The molecule has 0 saturated carbocycles. The minimum Gasteiger partial charge on any atom is -0.387 e. The summed E-state index contributed by atoms with van der Waals surface area (Å²) in [4.78, 5) is 6.28. The molecule has 2 fully saturated rings. The lowest BCUT2D eigenvalue weighted by Crippen LogP contribution is -2.56. The number of β-amino-alcohol motifs (C(OH)–C–C–N with tert-alkyl or cyclic N) is 1. The largest absolute Gasteiger partial charge is 0.387 e. The van der Waals surface area contributed by atoms with Gasteiger partial charge >= 0.3 is 0 Å². The molecule has 0 bridgehead atoms. The second kappa shape index (κ2) is 7.99. The highest BCUT2D eigenvalue weighted by atomic mass is 32.2. The number of nitrogens with zero attached hydrogens (tertiary/aromatic N) is 2. The normalized spacial score (nSPS) is 27.2. The van der Waals surface area contributed by atoms with E-state index in [0.29, 0.717) is 0 Å². The van der Waals surface area contributed by atoms with E-state index < -0.39 is 5.60 Å². The van der Waals surface area contributed by atoms with Crippen LogP contribution < -0.4 is 5.32 Å².